The van der Waals surface area contributed by atoms with E-state index in [0.29, 0.717) is 5.82 Å². The van der Waals surface area contributed by atoms with Gasteiger partial charge in [-0.05, 0) is 18.2 Å². The van der Waals surface area contributed by atoms with Gasteiger partial charge in [0.05, 0.1) is 6.54 Å². The van der Waals surface area contributed by atoms with E-state index in [9.17, 15) is 13.2 Å². The molecule has 0 radical (unpaired) electrons. The largest absolute Gasteiger partial charge is 0.435 e. The lowest BCUT2D eigenvalue weighted by Gasteiger charge is -2.08. The number of alkyl halides is 3. The van der Waals surface area contributed by atoms with Crippen molar-refractivity contribution < 1.29 is 13.2 Å². The van der Waals surface area contributed by atoms with Crippen LogP contribution in [0.3, 0.4) is 0 Å². The highest BCUT2D eigenvalue weighted by molar-refractivity contribution is 5.32. The van der Waals surface area contributed by atoms with Crippen LogP contribution >= 0.6 is 0 Å². The number of halogens is 3. The summed E-state index contributed by atoms with van der Waals surface area (Å²) in [6.45, 7) is 0.165. The molecule has 0 saturated carbocycles. The third-order valence-corrected chi connectivity index (χ3v) is 2.99. The predicted octanol–water partition coefficient (Wildman–Crippen LogP) is 3.14. The zero-order valence-corrected chi connectivity index (χ0v) is 10.8. The summed E-state index contributed by atoms with van der Waals surface area (Å²) in [4.78, 5) is 4.18. The van der Waals surface area contributed by atoms with Crippen LogP contribution in [-0.4, -0.2) is 19.3 Å². The standard InChI is InChI=1S/C14H11F3N4/c15-14(16,17)12-6-8-20(19-12)10-13-18-7-9-21(13)11-4-2-1-3-5-11/h1-9H,10H2. The molecule has 0 N–H and O–H groups in total. The maximum absolute atomic E-state index is 12.5. The summed E-state index contributed by atoms with van der Waals surface area (Å²) < 4.78 is 40.6. The molecular weight excluding hydrogens is 281 g/mol. The fourth-order valence-electron chi connectivity index (χ4n) is 2.02. The first-order valence-electron chi connectivity index (χ1n) is 6.22. The van der Waals surface area contributed by atoms with Crippen LogP contribution in [-0.2, 0) is 12.7 Å². The summed E-state index contributed by atoms with van der Waals surface area (Å²) in [6.07, 6.45) is 0.238. The van der Waals surface area contributed by atoms with Gasteiger partial charge in [-0.25, -0.2) is 4.98 Å². The molecule has 0 fully saturated rings. The number of benzene rings is 1. The Bertz CT molecular complexity index is 728. The zero-order chi connectivity index (χ0) is 14.9. The average molecular weight is 292 g/mol. The predicted molar refractivity (Wildman–Crippen MR) is 69.9 cm³/mol. The second-order valence-corrected chi connectivity index (χ2v) is 4.45. The third kappa shape index (κ3) is 2.81. The van der Waals surface area contributed by atoms with E-state index in [0.717, 1.165) is 11.8 Å². The van der Waals surface area contributed by atoms with Crippen LogP contribution in [0.25, 0.3) is 5.69 Å². The molecule has 4 nitrogen and oxygen atoms in total. The zero-order valence-electron chi connectivity index (χ0n) is 10.8. The van der Waals surface area contributed by atoms with Crippen molar-refractivity contribution in [2.75, 3.05) is 0 Å². The van der Waals surface area contributed by atoms with Gasteiger partial charge in [-0.1, -0.05) is 18.2 Å². The Hall–Kier alpha value is -2.57. The molecule has 7 heteroatoms. The maximum Gasteiger partial charge on any atom is 0.435 e. The van der Waals surface area contributed by atoms with Crippen LogP contribution in [0.1, 0.15) is 11.5 Å². The molecule has 3 rings (SSSR count). The van der Waals surface area contributed by atoms with E-state index in [-0.39, 0.29) is 6.54 Å². The van der Waals surface area contributed by atoms with E-state index in [4.69, 9.17) is 0 Å². The van der Waals surface area contributed by atoms with Gasteiger partial charge >= 0.3 is 6.18 Å². The SMILES string of the molecule is FC(F)(F)c1ccn(Cc2nccn2-c2ccccc2)n1. The smallest absolute Gasteiger partial charge is 0.302 e. The molecule has 1 aromatic carbocycles. The maximum atomic E-state index is 12.5. The van der Waals surface area contributed by atoms with Gasteiger partial charge in [-0.3, -0.25) is 4.68 Å². The van der Waals surface area contributed by atoms with Crippen molar-refractivity contribution in [1.29, 1.82) is 0 Å². The average Bonchev–Trinajstić information content (AvgIpc) is 3.09. The molecule has 0 bridgehead atoms. The van der Waals surface area contributed by atoms with E-state index >= 15 is 0 Å². The van der Waals surface area contributed by atoms with Gasteiger partial charge in [0.1, 0.15) is 5.82 Å². The third-order valence-electron chi connectivity index (χ3n) is 2.99. The minimum Gasteiger partial charge on any atom is -0.302 e. The Kier molecular flexibility index (Phi) is 3.25. The Morgan fingerprint density at radius 1 is 1.00 bits per heavy atom. The number of aromatic nitrogens is 4. The van der Waals surface area contributed by atoms with E-state index in [1.807, 2.05) is 34.9 Å². The Balaban J connectivity index is 1.87. The van der Waals surface area contributed by atoms with Gasteiger partial charge in [0, 0.05) is 24.3 Å². The van der Waals surface area contributed by atoms with Gasteiger partial charge in [0.2, 0.25) is 0 Å². The number of para-hydroxylation sites is 1. The molecule has 0 unspecified atom stereocenters. The molecule has 3 aromatic rings. The molecule has 0 aliphatic rings. The molecule has 0 spiro atoms. The van der Waals surface area contributed by atoms with Crippen molar-refractivity contribution in [3.8, 4) is 5.69 Å². The summed E-state index contributed by atoms with van der Waals surface area (Å²) in [6, 6.07) is 10.4. The number of hydrogen-bond donors (Lipinski definition) is 0. The fourth-order valence-corrected chi connectivity index (χ4v) is 2.02. The van der Waals surface area contributed by atoms with Crippen LogP contribution in [0.2, 0.25) is 0 Å². The van der Waals surface area contributed by atoms with E-state index in [1.165, 1.54) is 10.9 Å². The lowest BCUT2D eigenvalue weighted by atomic mass is 10.3. The van der Waals surface area contributed by atoms with Crippen molar-refractivity contribution in [1.82, 2.24) is 19.3 Å². The van der Waals surface area contributed by atoms with Crippen LogP contribution in [0.15, 0.2) is 55.0 Å². The lowest BCUT2D eigenvalue weighted by Crippen LogP contribution is -2.11. The topological polar surface area (TPSA) is 35.6 Å². The van der Waals surface area contributed by atoms with Crippen molar-refractivity contribution >= 4 is 0 Å². The van der Waals surface area contributed by atoms with Crippen molar-refractivity contribution in [3.05, 3.63) is 66.5 Å². The van der Waals surface area contributed by atoms with Crippen molar-refractivity contribution in [2.24, 2.45) is 0 Å². The quantitative estimate of drug-likeness (QED) is 0.743. The van der Waals surface area contributed by atoms with Gasteiger partial charge < -0.3 is 4.57 Å². The first-order chi connectivity index (χ1) is 10.0. The van der Waals surface area contributed by atoms with E-state index in [2.05, 4.69) is 10.1 Å². The Morgan fingerprint density at radius 2 is 1.76 bits per heavy atom. The van der Waals surface area contributed by atoms with Crippen LogP contribution < -0.4 is 0 Å². The molecule has 21 heavy (non-hydrogen) atoms. The number of nitrogens with zero attached hydrogens (tertiary/aromatic N) is 4. The molecule has 2 aromatic heterocycles. The van der Waals surface area contributed by atoms with Gasteiger partial charge in [0.25, 0.3) is 0 Å². The molecule has 0 saturated heterocycles. The second kappa shape index (κ2) is 5.08. The summed E-state index contributed by atoms with van der Waals surface area (Å²) in [7, 11) is 0. The highest BCUT2D eigenvalue weighted by Crippen LogP contribution is 2.27. The summed E-state index contributed by atoms with van der Waals surface area (Å²) in [5.41, 5.74) is -0.00600. The van der Waals surface area contributed by atoms with Crippen LogP contribution in [0.4, 0.5) is 13.2 Å². The molecule has 0 aliphatic heterocycles. The normalized spacial score (nSPS) is 11.8. The Morgan fingerprint density at radius 3 is 2.43 bits per heavy atom. The minimum absolute atomic E-state index is 0.165. The van der Waals surface area contributed by atoms with Crippen LogP contribution in [0, 0.1) is 0 Å². The highest BCUT2D eigenvalue weighted by Gasteiger charge is 2.33. The summed E-state index contributed by atoms with van der Waals surface area (Å²) >= 11 is 0. The first kappa shape index (κ1) is 13.4. The van der Waals surface area contributed by atoms with E-state index in [1.54, 1.807) is 12.4 Å². The summed E-state index contributed by atoms with van der Waals surface area (Å²) in [5, 5.41) is 3.53. The monoisotopic (exact) mass is 292 g/mol. The number of imidazole rings is 1. The van der Waals surface area contributed by atoms with Gasteiger partial charge in [-0.2, -0.15) is 18.3 Å². The molecule has 2 heterocycles. The number of rotatable bonds is 3. The first-order valence-corrected chi connectivity index (χ1v) is 6.22. The van der Waals surface area contributed by atoms with Gasteiger partial charge in [0.15, 0.2) is 5.69 Å². The number of hydrogen-bond acceptors (Lipinski definition) is 2. The van der Waals surface area contributed by atoms with Gasteiger partial charge in [-0.15, -0.1) is 0 Å². The molecule has 108 valence electrons. The van der Waals surface area contributed by atoms with Crippen LogP contribution in [0.5, 0.6) is 0 Å². The highest BCUT2D eigenvalue weighted by atomic mass is 19.4. The van der Waals surface area contributed by atoms with E-state index < -0.39 is 11.9 Å². The lowest BCUT2D eigenvalue weighted by molar-refractivity contribution is -0.141. The molecule has 0 atom stereocenters. The molecule has 0 aliphatic carbocycles. The molecular formula is C14H11F3N4. The minimum atomic E-state index is -4.43. The second-order valence-electron chi connectivity index (χ2n) is 4.45. The summed E-state index contributed by atoms with van der Waals surface area (Å²) in [5.74, 6) is 0.609. The van der Waals surface area contributed by atoms with Crippen molar-refractivity contribution in [2.45, 2.75) is 12.7 Å². The Labute approximate surface area is 118 Å². The molecule has 0 amide bonds. The fraction of sp³-hybridized carbons (Fsp3) is 0.143. The van der Waals surface area contributed by atoms with Crippen molar-refractivity contribution in [3.63, 3.8) is 0 Å².